The van der Waals surface area contributed by atoms with Crippen LogP contribution in [-0.4, -0.2) is 19.5 Å². The Morgan fingerprint density at radius 3 is 2.67 bits per heavy atom. The summed E-state index contributed by atoms with van der Waals surface area (Å²) in [6.07, 6.45) is -0.960. The summed E-state index contributed by atoms with van der Waals surface area (Å²) in [4.78, 5) is 14.0. The lowest BCUT2D eigenvalue weighted by Gasteiger charge is -2.02. The number of carbonyl (C=O) groups excluding carboxylic acids is 1. The van der Waals surface area contributed by atoms with E-state index in [-0.39, 0.29) is 17.3 Å². The molecule has 1 rings (SSSR count). The van der Waals surface area contributed by atoms with Gasteiger partial charge in [-0.25, -0.2) is 23.3 Å². The minimum absolute atomic E-state index is 0.196. The highest BCUT2D eigenvalue weighted by Crippen LogP contribution is 2.05. The fourth-order valence-electron chi connectivity index (χ4n) is 0.841. The lowest BCUT2D eigenvalue weighted by Crippen LogP contribution is -2.16. The fourth-order valence-corrected chi connectivity index (χ4v) is 1.35. The average molecular weight is 231 g/mol. The van der Waals surface area contributed by atoms with Gasteiger partial charge in [-0.05, 0) is 12.1 Å². The molecule has 0 aliphatic rings. The van der Waals surface area contributed by atoms with Gasteiger partial charge in [-0.1, -0.05) is 6.07 Å². The molecule has 0 bridgehead atoms. The van der Waals surface area contributed by atoms with Crippen molar-refractivity contribution < 1.29 is 17.9 Å². The number of pyridine rings is 1. The van der Waals surface area contributed by atoms with Crippen LogP contribution in [0.15, 0.2) is 23.2 Å². The zero-order valence-electron chi connectivity index (χ0n) is 7.58. The van der Waals surface area contributed by atoms with Gasteiger partial charge in [0.1, 0.15) is 6.61 Å². The van der Waals surface area contributed by atoms with Crippen molar-refractivity contribution in [1.29, 1.82) is 0 Å². The normalized spacial score (nSPS) is 11.0. The van der Waals surface area contributed by atoms with E-state index >= 15 is 0 Å². The number of sulfonamides is 1. The molecule has 0 fully saturated rings. The molecule has 0 atom stereocenters. The van der Waals surface area contributed by atoms with E-state index < -0.39 is 16.1 Å². The third kappa shape index (κ3) is 3.52. The molecule has 1 amide bonds. The van der Waals surface area contributed by atoms with Crippen molar-refractivity contribution in [2.45, 2.75) is 11.6 Å². The number of primary amides is 1. The van der Waals surface area contributed by atoms with Gasteiger partial charge >= 0.3 is 6.09 Å². The monoisotopic (exact) mass is 231 g/mol. The van der Waals surface area contributed by atoms with E-state index in [1.807, 2.05) is 0 Å². The smallest absolute Gasteiger partial charge is 0.404 e. The Balaban J connectivity index is 2.89. The van der Waals surface area contributed by atoms with E-state index in [1.54, 1.807) is 0 Å². The molecule has 0 aromatic carbocycles. The van der Waals surface area contributed by atoms with Gasteiger partial charge in [0.2, 0.25) is 0 Å². The van der Waals surface area contributed by atoms with E-state index in [2.05, 4.69) is 9.72 Å². The van der Waals surface area contributed by atoms with Crippen molar-refractivity contribution in [2.75, 3.05) is 0 Å². The number of aromatic nitrogens is 1. The van der Waals surface area contributed by atoms with Crippen LogP contribution in [0.3, 0.4) is 0 Å². The van der Waals surface area contributed by atoms with Crippen molar-refractivity contribution in [3.05, 3.63) is 23.9 Å². The quantitative estimate of drug-likeness (QED) is 0.713. The number of nitrogens with two attached hydrogens (primary N) is 2. The molecule has 8 heteroatoms. The second kappa shape index (κ2) is 4.24. The molecule has 0 aliphatic carbocycles. The van der Waals surface area contributed by atoms with Gasteiger partial charge in [0, 0.05) is 0 Å². The molecule has 0 saturated carbocycles. The van der Waals surface area contributed by atoms with Gasteiger partial charge < -0.3 is 10.5 Å². The third-order valence-corrected chi connectivity index (χ3v) is 2.25. The Kier molecular flexibility index (Phi) is 3.22. The molecule has 0 saturated heterocycles. The Bertz CT molecular complexity index is 471. The molecule has 15 heavy (non-hydrogen) atoms. The van der Waals surface area contributed by atoms with E-state index in [4.69, 9.17) is 10.9 Å². The molecule has 82 valence electrons. The number of rotatable bonds is 3. The number of nitrogens with zero attached hydrogens (tertiary/aromatic N) is 1. The summed E-state index contributed by atoms with van der Waals surface area (Å²) in [6, 6.07) is 4.16. The zero-order valence-corrected chi connectivity index (χ0v) is 8.40. The summed E-state index contributed by atoms with van der Waals surface area (Å²) in [6.45, 7) is -0.196. The first-order chi connectivity index (χ1) is 6.89. The van der Waals surface area contributed by atoms with Crippen molar-refractivity contribution in [2.24, 2.45) is 10.9 Å². The first kappa shape index (κ1) is 11.4. The van der Waals surface area contributed by atoms with Gasteiger partial charge in [0.15, 0.2) is 5.03 Å². The number of carbonyl (C=O) groups is 1. The molecule has 1 heterocycles. The van der Waals surface area contributed by atoms with Gasteiger partial charge in [-0.3, -0.25) is 0 Å². The van der Waals surface area contributed by atoms with Crippen LogP contribution in [0.2, 0.25) is 0 Å². The van der Waals surface area contributed by atoms with Crippen LogP contribution in [0.1, 0.15) is 5.69 Å². The molecule has 1 aromatic heterocycles. The Hall–Kier alpha value is -1.67. The molecular weight excluding hydrogens is 222 g/mol. The number of hydrogen-bond donors (Lipinski definition) is 2. The van der Waals surface area contributed by atoms with Crippen LogP contribution in [0.25, 0.3) is 0 Å². The predicted octanol–water partition coefficient (Wildman–Crippen LogP) is -0.676. The van der Waals surface area contributed by atoms with Gasteiger partial charge in [-0.2, -0.15) is 0 Å². The summed E-state index contributed by atoms with van der Waals surface area (Å²) < 4.78 is 26.2. The second-order valence-corrected chi connectivity index (χ2v) is 4.13. The maximum absolute atomic E-state index is 10.9. The standard InChI is InChI=1S/C7H9N3O4S/c8-7(11)14-4-5-2-1-3-6(10-5)15(9,12)13/h1-3H,4H2,(H2,8,11)(H2,9,12,13). The van der Waals surface area contributed by atoms with E-state index in [1.165, 1.54) is 18.2 Å². The van der Waals surface area contributed by atoms with E-state index in [9.17, 15) is 13.2 Å². The highest BCUT2D eigenvalue weighted by molar-refractivity contribution is 7.89. The number of hydrogen-bond acceptors (Lipinski definition) is 5. The molecule has 0 spiro atoms. The summed E-state index contributed by atoms with van der Waals surface area (Å²) in [7, 11) is -3.85. The highest BCUT2D eigenvalue weighted by atomic mass is 32.2. The summed E-state index contributed by atoms with van der Waals surface area (Å²) in [5, 5.41) is 4.57. The van der Waals surface area contributed by atoms with Crippen molar-refractivity contribution >= 4 is 16.1 Å². The fraction of sp³-hybridized carbons (Fsp3) is 0.143. The van der Waals surface area contributed by atoms with Crippen molar-refractivity contribution in [3.8, 4) is 0 Å². The lowest BCUT2D eigenvalue weighted by molar-refractivity contribution is 0.148. The van der Waals surface area contributed by atoms with Gasteiger partial charge in [0.05, 0.1) is 5.69 Å². The highest BCUT2D eigenvalue weighted by Gasteiger charge is 2.10. The van der Waals surface area contributed by atoms with Crippen molar-refractivity contribution in [1.82, 2.24) is 4.98 Å². The van der Waals surface area contributed by atoms with Crippen LogP contribution in [0.4, 0.5) is 4.79 Å². The Morgan fingerprint density at radius 1 is 1.47 bits per heavy atom. The summed E-state index contributed by atoms with van der Waals surface area (Å²) >= 11 is 0. The van der Waals surface area contributed by atoms with Crippen molar-refractivity contribution in [3.63, 3.8) is 0 Å². The Morgan fingerprint density at radius 2 is 2.13 bits per heavy atom. The zero-order chi connectivity index (χ0) is 11.5. The maximum atomic E-state index is 10.9. The van der Waals surface area contributed by atoms with Gasteiger partial charge in [-0.15, -0.1) is 0 Å². The maximum Gasteiger partial charge on any atom is 0.404 e. The van der Waals surface area contributed by atoms with E-state index in [0.29, 0.717) is 0 Å². The number of primary sulfonamides is 1. The topological polar surface area (TPSA) is 125 Å². The van der Waals surface area contributed by atoms with Crippen LogP contribution in [0.5, 0.6) is 0 Å². The van der Waals surface area contributed by atoms with Crippen LogP contribution in [0, 0.1) is 0 Å². The van der Waals surface area contributed by atoms with Crippen LogP contribution >= 0.6 is 0 Å². The molecule has 7 nitrogen and oxygen atoms in total. The second-order valence-electron chi connectivity index (χ2n) is 2.62. The molecular formula is C7H9N3O4S. The largest absolute Gasteiger partial charge is 0.443 e. The molecule has 0 aliphatic heterocycles. The first-order valence-electron chi connectivity index (χ1n) is 3.80. The summed E-state index contributed by atoms with van der Waals surface area (Å²) in [5.41, 5.74) is 4.98. The lowest BCUT2D eigenvalue weighted by atomic mass is 10.4. The predicted molar refractivity (Wildman–Crippen MR) is 50.0 cm³/mol. The molecule has 4 N–H and O–H groups in total. The van der Waals surface area contributed by atoms with Crippen LogP contribution < -0.4 is 10.9 Å². The first-order valence-corrected chi connectivity index (χ1v) is 5.35. The summed E-state index contributed by atoms with van der Waals surface area (Å²) in [5.74, 6) is 0. The van der Waals surface area contributed by atoms with E-state index in [0.717, 1.165) is 0 Å². The Labute approximate surface area is 86.1 Å². The minimum Gasteiger partial charge on any atom is -0.443 e. The minimum atomic E-state index is -3.85. The average Bonchev–Trinajstić information content (AvgIpc) is 2.14. The molecule has 0 radical (unpaired) electrons. The van der Waals surface area contributed by atoms with Gasteiger partial charge in [0.25, 0.3) is 10.0 Å². The molecule has 1 aromatic rings. The molecule has 0 unspecified atom stereocenters. The van der Waals surface area contributed by atoms with Crippen LogP contribution in [-0.2, 0) is 21.4 Å². The SMILES string of the molecule is NC(=O)OCc1cccc(S(N)(=O)=O)n1. The number of ether oxygens (including phenoxy) is 1. The third-order valence-electron chi connectivity index (χ3n) is 1.44. The number of amides is 1.